The van der Waals surface area contributed by atoms with E-state index in [-0.39, 0.29) is 43.5 Å². The Hall–Kier alpha value is -4.12. The van der Waals surface area contributed by atoms with Gasteiger partial charge >= 0.3 is 12.2 Å². The standard InChI is InChI=1S/C21H24F3N9O5/c22-21(23,24)9-2-1-3-10(6-9)27-18(36)29-12-8-33-17(26)28-11(7-32-13(34)4-5-14(32)35)15-19(33,20(12,37)38)31-16(25)30-15/h1-3,6,11-12,15,37-38H,4-5,7-8H2,(H2,26,28)(H3,25,30,31)(H2,27,29,36). The highest BCUT2D eigenvalue weighted by Crippen LogP contribution is 2.43. The van der Waals surface area contributed by atoms with Crippen molar-refractivity contribution in [3.05, 3.63) is 29.8 Å². The van der Waals surface area contributed by atoms with Crippen molar-refractivity contribution in [3.63, 3.8) is 0 Å². The molecule has 5 rings (SSSR count). The van der Waals surface area contributed by atoms with Crippen LogP contribution >= 0.6 is 0 Å². The van der Waals surface area contributed by atoms with E-state index in [0.29, 0.717) is 6.07 Å². The lowest BCUT2D eigenvalue weighted by atomic mass is 9.84. The van der Waals surface area contributed by atoms with Gasteiger partial charge in [0.05, 0.1) is 24.2 Å². The van der Waals surface area contributed by atoms with Crippen molar-refractivity contribution in [1.82, 2.24) is 31.1 Å². The van der Waals surface area contributed by atoms with Crippen molar-refractivity contribution >= 4 is 35.5 Å². The van der Waals surface area contributed by atoms with Gasteiger partial charge in [0.25, 0.3) is 0 Å². The van der Waals surface area contributed by atoms with Crippen molar-refractivity contribution in [2.75, 3.05) is 18.4 Å². The predicted octanol–water partition coefficient (Wildman–Crippen LogP) is -1.56. The van der Waals surface area contributed by atoms with Crippen molar-refractivity contribution in [2.45, 2.75) is 48.6 Å². The number of carbonyl (C=O) groups excluding carboxylic acids is 3. The average molecular weight is 539 g/mol. The number of urea groups is 1. The summed E-state index contributed by atoms with van der Waals surface area (Å²) in [7, 11) is 0. The van der Waals surface area contributed by atoms with E-state index in [1.165, 1.54) is 11.0 Å². The molecule has 1 aromatic carbocycles. The van der Waals surface area contributed by atoms with Gasteiger partial charge in [0.15, 0.2) is 17.6 Å². The molecule has 0 saturated carbocycles. The normalized spacial score (nSPS) is 29.9. The maximum absolute atomic E-state index is 13.0. The summed E-state index contributed by atoms with van der Waals surface area (Å²) in [4.78, 5) is 39.2. The van der Waals surface area contributed by atoms with Crippen molar-refractivity contribution < 1.29 is 37.8 Å². The van der Waals surface area contributed by atoms with Gasteiger partial charge < -0.3 is 41.7 Å². The number of benzene rings is 1. The molecular formula is C21H24F3N9O5. The highest BCUT2D eigenvalue weighted by Gasteiger charge is 2.74. The maximum atomic E-state index is 13.0. The summed E-state index contributed by atoms with van der Waals surface area (Å²) < 4.78 is 39.0. The van der Waals surface area contributed by atoms with Gasteiger partial charge in [-0.25, -0.2) is 4.79 Å². The molecule has 4 atom stereocenters. The molecule has 9 N–H and O–H groups in total. The summed E-state index contributed by atoms with van der Waals surface area (Å²) in [5, 5.41) is 52.0. The van der Waals surface area contributed by atoms with Gasteiger partial charge in [-0.1, -0.05) is 6.07 Å². The van der Waals surface area contributed by atoms with Crippen LogP contribution in [0.15, 0.2) is 24.3 Å². The van der Waals surface area contributed by atoms with Crippen LogP contribution in [0, 0.1) is 10.8 Å². The van der Waals surface area contributed by atoms with Crippen LogP contribution < -0.4 is 26.6 Å². The number of nitrogens with one attached hydrogen (secondary N) is 7. The zero-order valence-electron chi connectivity index (χ0n) is 19.5. The Morgan fingerprint density at radius 1 is 1.16 bits per heavy atom. The van der Waals surface area contributed by atoms with Crippen LogP contribution in [-0.4, -0.2) is 92.4 Å². The fourth-order valence-corrected chi connectivity index (χ4v) is 5.45. The van der Waals surface area contributed by atoms with E-state index in [2.05, 4.69) is 26.6 Å². The lowest BCUT2D eigenvalue weighted by Crippen LogP contribution is -2.81. The molecule has 0 radical (unpaired) electrons. The lowest BCUT2D eigenvalue weighted by Gasteiger charge is -2.51. The molecule has 38 heavy (non-hydrogen) atoms. The van der Waals surface area contributed by atoms with Crippen molar-refractivity contribution in [1.29, 1.82) is 10.8 Å². The molecule has 4 heterocycles. The maximum Gasteiger partial charge on any atom is 0.416 e. The molecule has 0 aliphatic carbocycles. The van der Waals surface area contributed by atoms with E-state index in [1.54, 1.807) is 0 Å². The number of alkyl halides is 3. The molecule has 0 bridgehead atoms. The number of nitrogens with zero attached hydrogens (tertiary/aromatic N) is 2. The summed E-state index contributed by atoms with van der Waals surface area (Å²) in [6.07, 6.45) is -4.57. The highest BCUT2D eigenvalue weighted by molar-refractivity contribution is 6.02. The highest BCUT2D eigenvalue weighted by atomic mass is 19.4. The molecular weight excluding hydrogens is 515 g/mol. The van der Waals surface area contributed by atoms with Crippen molar-refractivity contribution in [3.8, 4) is 0 Å². The van der Waals surface area contributed by atoms with Gasteiger partial charge in [0.2, 0.25) is 17.6 Å². The molecule has 17 heteroatoms. The van der Waals surface area contributed by atoms with E-state index in [4.69, 9.17) is 10.8 Å². The van der Waals surface area contributed by atoms with Crippen LogP contribution in [0.4, 0.5) is 23.7 Å². The number of rotatable bonds is 4. The lowest BCUT2D eigenvalue weighted by molar-refractivity contribution is -0.232. The third-order valence-corrected chi connectivity index (χ3v) is 7.18. The number of guanidine groups is 2. The second kappa shape index (κ2) is 8.45. The van der Waals surface area contributed by atoms with E-state index in [1.807, 2.05) is 0 Å². The number of carbonyl (C=O) groups is 3. The molecule has 4 fully saturated rings. The number of amides is 4. The van der Waals surface area contributed by atoms with E-state index >= 15 is 0 Å². The zero-order valence-corrected chi connectivity index (χ0v) is 19.5. The van der Waals surface area contributed by atoms with Gasteiger partial charge in [0.1, 0.15) is 6.04 Å². The van der Waals surface area contributed by atoms with Crippen LogP contribution in [0.25, 0.3) is 0 Å². The number of halogens is 3. The van der Waals surface area contributed by atoms with Gasteiger partial charge in [-0.3, -0.25) is 25.3 Å². The SMILES string of the molecule is N=C1NC2C(CN3C(=O)CCC3=O)NC(=N)N3CC(NC(=O)Nc4cccc(C(F)(F)F)c4)C(O)(O)C23N1. The Kier molecular flexibility index (Phi) is 5.68. The van der Waals surface area contributed by atoms with E-state index in [0.717, 1.165) is 17.0 Å². The Morgan fingerprint density at radius 2 is 1.84 bits per heavy atom. The van der Waals surface area contributed by atoms with Crippen LogP contribution in [0.3, 0.4) is 0 Å². The second-order valence-electron chi connectivity index (χ2n) is 9.45. The molecule has 4 amide bonds. The molecule has 1 aromatic rings. The summed E-state index contributed by atoms with van der Waals surface area (Å²) in [5.74, 6) is -4.34. The molecule has 4 saturated heterocycles. The molecule has 0 aromatic heterocycles. The Bertz CT molecular complexity index is 1220. The molecule has 14 nitrogen and oxygen atoms in total. The molecule has 4 unspecified atom stereocenters. The quantitative estimate of drug-likeness (QED) is 0.160. The summed E-state index contributed by atoms with van der Waals surface area (Å²) in [6.45, 7) is -0.561. The molecule has 4 aliphatic heterocycles. The minimum absolute atomic E-state index is 0.0311. The number of likely N-dealkylation sites (tertiary alicyclic amines) is 1. The monoisotopic (exact) mass is 539 g/mol. The number of hydrogen-bond donors (Lipinski definition) is 9. The molecule has 4 aliphatic rings. The first-order valence-electron chi connectivity index (χ1n) is 11.5. The van der Waals surface area contributed by atoms with Gasteiger partial charge in [-0.05, 0) is 18.2 Å². The largest absolute Gasteiger partial charge is 0.416 e. The summed E-state index contributed by atoms with van der Waals surface area (Å²) in [6, 6.07) is -0.658. The van der Waals surface area contributed by atoms with E-state index < -0.39 is 59.2 Å². The third kappa shape index (κ3) is 3.85. The minimum atomic E-state index is -4.64. The van der Waals surface area contributed by atoms with Crippen LogP contribution in [0.2, 0.25) is 0 Å². The number of anilines is 1. The van der Waals surface area contributed by atoms with Gasteiger partial charge in [0, 0.05) is 25.1 Å². The Labute approximate surface area is 212 Å². The van der Waals surface area contributed by atoms with E-state index in [9.17, 15) is 37.8 Å². The third-order valence-electron chi connectivity index (χ3n) is 7.18. The average Bonchev–Trinajstić information content (AvgIpc) is 3.41. The fourth-order valence-electron chi connectivity index (χ4n) is 5.45. The summed E-state index contributed by atoms with van der Waals surface area (Å²) in [5.41, 5.74) is -3.16. The first kappa shape index (κ1) is 25.5. The van der Waals surface area contributed by atoms with Crippen LogP contribution in [0.1, 0.15) is 18.4 Å². The first-order valence-corrected chi connectivity index (χ1v) is 11.5. The minimum Gasteiger partial charge on any atom is -0.361 e. The number of aliphatic hydroxyl groups is 2. The molecule has 1 spiro atoms. The zero-order chi connectivity index (χ0) is 27.6. The second-order valence-corrected chi connectivity index (χ2v) is 9.45. The Morgan fingerprint density at radius 3 is 2.50 bits per heavy atom. The number of imide groups is 1. The Balaban J connectivity index is 1.38. The molecule has 204 valence electrons. The first-order chi connectivity index (χ1) is 17.7. The van der Waals surface area contributed by atoms with Crippen LogP contribution in [0.5, 0.6) is 0 Å². The predicted molar refractivity (Wildman–Crippen MR) is 122 cm³/mol. The van der Waals surface area contributed by atoms with Gasteiger partial charge in [-0.2, -0.15) is 13.2 Å². The summed E-state index contributed by atoms with van der Waals surface area (Å²) >= 11 is 0. The van der Waals surface area contributed by atoms with Crippen molar-refractivity contribution in [2.24, 2.45) is 0 Å². The topological polar surface area (TPSA) is 206 Å². The fraction of sp³-hybridized carbons (Fsp3) is 0.476. The smallest absolute Gasteiger partial charge is 0.361 e. The van der Waals surface area contributed by atoms with Gasteiger partial charge in [-0.15, -0.1) is 0 Å². The number of hydrogen-bond acceptors (Lipinski definition) is 7. The van der Waals surface area contributed by atoms with Crippen LogP contribution in [-0.2, 0) is 15.8 Å².